The summed E-state index contributed by atoms with van der Waals surface area (Å²) in [5.74, 6) is 0. The lowest BCUT2D eigenvalue weighted by Gasteiger charge is -2.02. The number of benzene rings is 2. The summed E-state index contributed by atoms with van der Waals surface area (Å²) in [6.45, 7) is 1.79. The van der Waals surface area contributed by atoms with Crippen molar-refractivity contribution in [3.05, 3.63) is 151 Å². The van der Waals surface area contributed by atoms with E-state index in [1.165, 1.54) is 30.7 Å². The minimum absolute atomic E-state index is 0.896. The molecule has 4 aromatic rings. The van der Waals surface area contributed by atoms with E-state index in [9.17, 15) is 34.5 Å². The number of halogens is 8. The molecule has 0 spiro atoms. The third kappa shape index (κ3) is 16.5. The van der Waals surface area contributed by atoms with Crippen LogP contribution in [-0.4, -0.2) is 14.5 Å². The highest BCUT2D eigenvalue weighted by atomic mass is 32.2. The molecule has 0 fully saturated rings. The van der Waals surface area contributed by atoms with Crippen LogP contribution >= 0.6 is 47.0 Å². The standard InChI is InChI=1S/C24H22N2.C6H4S4.2BF4/c1-3-7-21(8-4-1)19-25-15-11-23(12-16-25)24-13-17-26(18-14-24)20-22-9-5-2-6-10-22;1-2-8-5(7-1)6-9-3-4-10-6;2*2-1(3,4)5/h1-18H,19-20H2;1-4H;;/q+2;;2*-1. The smallest absolute Gasteiger partial charge is 0.418 e. The maximum Gasteiger partial charge on any atom is 0.673 e. The average Bonchev–Trinajstić information content (AvgIpc) is 3.73. The van der Waals surface area contributed by atoms with E-state index in [1.54, 1.807) is 0 Å². The Morgan fingerprint density at radius 2 is 0.674 bits per heavy atom. The molecule has 0 saturated heterocycles. The maximum atomic E-state index is 9.75. The van der Waals surface area contributed by atoms with Gasteiger partial charge in [0.2, 0.25) is 0 Å². The molecule has 6 rings (SSSR count). The first kappa shape index (κ1) is 37.4. The number of hydrogen-bond acceptors (Lipinski definition) is 4. The van der Waals surface area contributed by atoms with Gasteiger partial charge >= 0.3 is 14.5 Å². The van der Waals surface area contributed by atoms with Crippen molar-refractivity contribution in [3.63, 3.8) is 0 Å². The molecule has 2 nitrogen and oxygen atoms in total. The third-order valence-corrected chi connectivity index (χ3v) is 10.3. The van der Waals surface area contributed by atoms with E-state index in [1.807, 2.05) is 47.0 Å². The van der Waals surface area contributed by atoms with Gasteiger partial charge in [-0.2, -0.15) is 0 Å². The molecule has 2 aliphatic heterocycles. The Labute approximate surface area is 279 Å². The molecule has 0 N–H and O–H groups in total. The molecule has 16 heteroatoms. The summed E-state index contributed by atoms with van der Waals surface area (Å²) in [7, 11) is -12.0. The van der Waals surface area contributed by atoms with Crippen LogP contribution in [0.3, 0.4) is 0 Å². The maximum absolute atomic E-state index is 9.75. The van der Waals surface area contributed by atoms with Gasteiger partial charge in [-0.05, 0) is 32.8 Å². The highest BCUT2D eigenvalue weighted by Crippen LogP contribution is 2.50. The molecule has 0 saturated carbocycles. The van der Waals surface area contributed by atoms with E-state index in [4.69, 9.17) is 0 Å². The van der Waals surface area contributed by atoms with E-state index in [2.05, 4.69) is 140 Å². The Kier molecular flexibility index (Phi) is 15.4. The number of rotatable bonds is 5. The van der Waals surface area contributed by atoms with Gasteiger partial charge in [0.25, 0.3) is 0 Å². The molecule has 0 radical (unpaired) electrons. The van der Waals surface area contributed by atoms with Gasteiger partial charge in [0.05, 0.1) is 8.47 Å². The van der Waals surface area contributed by atoms with E-state index in [0.29, 0.717) is 0 Å². The Hall–Kier alpha value is -3.07. The van der Waals surface area contributed by atoms with Crippen molar-refractivity contribution in [1.29, 1.82) is 0 Å². The molecule has 46 heavy (non-hydrogen) atoms. The van der Waals surface area contributed by atoms with Gasteiger partial charge in [-0.1, -0.05) is 108 Å². The number of aromatic nitrogens is 2. The van der Waals surface area contributed by atoms with E-state index in [-0.39, 0.29) is 0 Å². The summed E-state index contributed by atoms with van der Waals surface area (Å²) in [5.41, 5.74) is 5.10. The van der Waals surface area contributed by atoms with Crippen molar-refractivity contribution >= 4 is 61.6 Å². The van der Waals surface area contributed by atoms with Crippen LogP contribution in [0.15, 0.2) is 140 Å². The molecule has 0 bridgehead atoms. The van der Waals surface area contributed by atoms with Crippen molar-refractivity contribution in [2.24, 2.45) is 0 Å². The topological polar surface area (TPSA) is 7.76 Å². The summed E-state index contributed by atoms with van der Waals surface area (Å²) >= 11 is 7.28. The van der Waals surface area contributed by atoms with Crippen LogP contribution in [0, 0.1) is 0 Å². The minimum atomic E-state index is -6.00. The predicted octanol–water partition coefficient (Wildman–Crippen LogP) is 10.6. The van der Waals surface area contributed by atoms with Crippen LogP contribution in [-0.2, 0) is 13.1 Å². The van der Waals surface area contributed by atoms with Crippen molar-refractivity contribution in [2.75, 3.05) is 0 Å². The zero-order chi connectivity index (χ0) is 33.4. The summed E-state index contributed by atoms with van der Waals surface area (Å²) in [6.07, 6.45) is 8.58. The monoisotopic (exact) mass is 716 g/mol. The molecule has 2 aliphatic rings. The summed E-state index contributed by atoms with van der Waals surface area (Å²) in [6, 6.07) is 29.8. The zero-order valence-corrected chi connectivity index (χ0v) is 27.1. The normalized spacial score (nSPS) is 13.7. The number of pyridine rings is 2. The molecule has 0 atom stereocenters. The second kappa shape index (κ2) is 18.9. The Morgan fingerprint density at radius 1 is 0.413 bits per heavy atom. The molecule has 0 unspecified atom stereocenters. The van der Waals surface area contributed by atoms with Gasteiger partial charge in [-0.3, -0.25) is 0 Å². The summed E-state index contributed by atoms with van der Waals surface area (Å²) < 4.78 is 85.3. The molecule has 242 valence electrons. The first-order valence-corrected chi connectivity index (χ1v) is 16.9. The van der Waals surface area contributed by atoms with Crippen molar-refractivity contribution in [3.8, 4) is 11.1 Å². The first-order chi connectivity index (χ1) is 21.8. The number of thioether (sulfide) groups is 4. The predicted molar refractivity (Wildman–Crippen MR) is 179 cm³/mol. The second-order valence-corrected chi connectivity index (χ2v) is 13.3. The highest BCUT2D eigenvalue weighted by molar-refractivity contribution is 8.33. The van der Waals surface area contributed by atoms with Crippen LogP contribution in [0.5, 0.6) is 0 Å². The molecule has 0 amide bonds. The van der Waals surface area contributed by atoms with Crippen molar-refractivity contribution in [2.45, 2.75) is 13.1 Å². The highest BCUT2D eigenvalue weighted by Gasteiger charge is 2.21. The number of nitrogens with zero attached hydrogens (tertiary/aromatic N) is 2. The van der Waals surface area contributed by atoms with Gasteiger partial charge < -0.3 is 34.5 Å². The quantitative estimate of drug-likeness (QED) is 0.115. The Morgan fingerprint density at radius 3 is 0.935 bits per heavy atom. The van der Waals surface area contributed by atoms with E-state index < -0.39 is 14.5 Å². The number of hydrogen-bond donors (Lipinski definition) is 0. The van der Waals surface area contributed by atoms with Gasteiger partial charge in [0, 0.05) is 35.4 Å². The molecular weight excluding hydrogens is 690 g/mol. The SMILES string of the molecule is C1=CSC(=C2SC=CS2)S1.F[B-](F)(F)F.F[B-](F)(F)F.c1ccc(C[n+]2ccc(-c3cc[n+](Cc4ccccc4)cc3)cc2)cc1. The van der Waals surface area contributed by atoms with Crippen LogP contribution in [0.2, 0.25) is 0 Å². The molecular formula is C30H26B2F8N2S4. The van der Waals surface area contributed by atoms with Crippen LogP contribution in [0.25, 0.3) is 11.1 Å². The van der Waals surface area contributed by atoms with Crippen molar-refractivity contribution in [1.82, 2.24) is 0 Å². The average molecular weight is 716 g/mol. The Bertz CT molecular complexity index is 1420. The fraction of sp³-hybridized carbons (Fsp3) is 0.0667. The Balaban J connectivity index is 0.000000234. The summed E-state index contributed by atoms with van der Waals surface area (Å²) in [5, 5.41) is 8.53. The van der Waals surface area contributed by atoms with Gasteiger partial charge in [0.15, 0.2) is 37.9 Å². The van der Waals surface area contributed by atoms with Crippen LogP contribution < -0.4 is 9.13 Å². The molecule has 2 aromatic carbocycles. The first-order valence-electron chi connectivity index (χ1n) is 13.4. The lowest BCUT2D eigenvalue weighted by molar-refractivity contribution is -0.688. The van der Waals surface area contributed by atoms with E-state index >= 15 is 0 Å². The van der Waals surface area contributed by atoms with Crippen LogP contribution in [0.4, 0.5) is 34.5 Å². The summed E-state index contributed by atoms with van der Waals surface area (Å²) in [4.78, 5) is 0. The largest absolute Gasteiger partial charge is 0.673 e. The molecule has 0 aliphatic carbocycles. The third-order valence-electron chi connectivity index (χ3n) is 5.51. The lowest BCUT2D eigenvalue weighted by atomic mass is 10.1. The van der Waals surface area contributed by atoms with Gasteiger partial charge in [-0.15, -0.1) is 0 Å². The van der Waals surface area contributed by atoms with Crippen molar-refractivity contribution < 1.29 is 43.7 Å². The fourth-order valence-corrected chi connectivity index (χ4v) is 7.74. The molecule has 4 heterocycles. The van der Waals surface area contributed by atoms with Gasteiger partial charge in [0.1, 0.15) is 0 Å². The van der Waals surface area contributed by atoms with Crippen LogP contribution in [0.1, 0.15) is 11.1 Å². The van der Waals surface area contributed by atoms with E-state index in [0.717, 1.165) is 13.1 Å². The van der Waals surface area contributed by atoms with Gasteiger partial charge in [-0.25, -0.2) is 9.13 Å². The second-order valence-electron chi connectivity index (χ2n) is 9.07. The molecule has 2 aromatic heterocycles. The minimum Gasteiger partial charge on any atom is -0.418 e. The fourth-order valence-electron chi connectivity index (χ4n) is 3.71. The lowest BCUT2D eigenvalue weighted by Crippen LogP contribution is -2.33. The zero-order valence-electron chi connectivity index (χ0n) is 23.8.